The third-order valence-corrected chi connectivity index (χ3v) is 2.89. The summed E-state index contributed by atoms with van der Waals surface area (Å²) in [4.78, 5) is 6.55. The second-order valence-corrected chi connectivity index (χ2v) is 4.64. The van der Waals surface area contributed by atoms with E-state index in [9.17, 15) is 0 Å². The third-order valence-electron chi connectivity index (χ3n) is 2.31. The van der Waals surface area contributed by atoms with Gasteiger partial charge >= 0.3 is 0 Å². The number of aromatic amines is 2. The molecular formula is C8H14ClIN3+. The second kappa shape index (κ2) is 4.61. The summed E-state index contributed by atoms with van der Waals surface area (Å²) in [6.07, 6.45) is 3.23. The Bertz CT molecular complexity index is 276. The van der Waals surface area contributed by atoms with Gasteiger partial charge in [0.1, 0.15) is 12.2 Å². The molecule has 1 aromatic heterocycles. The zero-order chi connectivity index (χ0) is 8.55. The van der Waals surface area contributed by atoms with Crippen LogP contribution in [0.2, 0.25) is 0 Å². The molecule has 13 heavy (non-hydrogen) atoms. The number of hydrogen-bond acceptors (Lipinski definition) is 1. The fraction of sp³-hybridized carbons (Fsp3) is 0.625. The Morgan fingerprint density at radius 2 is 2.38 bits per heavy atom. The van der Waals surface area contributed by atoms with Crippen molar-refractivity contribution < 1.29 is 4.98 Å². The maximum absolute atomic E-state index is 3.47. The molecule has 2 heterocycles. The predicted octanol–water partition coefficient (Wildman–Crippen LogP) is 1.53. The standard InChI is InChI=1S/C8H12IN3.ClH/c1-5-2-6(10-3-5)8-11-4-7(9)12-8;/h4-6,10H,2-3H2,1H3,(H,11,12);1H/p+1/t5-,6+;/m1./s1. The van der Waals surface area contributed by atoms with Crippen molar-refractivity contribution in [1.82, 2.24) is 10.3 Å². The Labute approximate surface area is 97.6 Å². The minimum atomic E-state index is 0. The van der Waals surface area contributed by atoms with Gasteiger partial charge in [0.05, 0.1) is 0 Å². The highest BCUT2D eigenvalue weighted by atomic mass is 127. The smallest absolute Gasteiger partial charge is 0.270 e. The Kier molecular flexibility index (Phi) is 4.00. The van der Waals surface area contributed by atoms with E-state index in [0.29, 0.717) is 6.04 Å². The van der Waals surface area contributed by atoms with Crippen molar-refractivity contribution in [3.8, 4) is 0 Å². The number of aromatic nitrogens is 2. The highest BCUT2D eigenvalue weighted by molar-refractivity contribution is 14.1. The molecular weight excluding hydrogens is 300 g/mol. The monoisotopic (exact) mass is 314 g/mol. The van der Waals surface area contributed by atoms with Crippen LogP contribution in [0, 0.1) is 9.62 Å². The molecule has 1 aromatic rings. The first-order chi connectivity index (χ1) is 5.75. The minimum Gasteiger partial charge on any atom is -0.303 e. The molecule has 0 unspecified atom stereocenters. The number of imidazole rings is 1. The normalized spacial score (nSPS) is 27.2. The van der Waals surface area contributed by atoms with E-state index in [-0.39, 0.29) is 12.4 Å². The Morgan fingerprint density at radius 1 is 1.62 bits per heavy atom. The molecule has 2 rings (SSSR count). The third kappa shape index (κ3) is 2.57. The number of H-pyrrole nitrogens is 2. The zero-order valence-corrected chi connectivity index (χ0v) is 10.4. The fourth-order valence-corrected chi connectivity index (χ4v) is 2.11. The molecule has 3 N–H and O–H groups in total. The lowest BCUT2D eigenvalue weighted by Crippen LogP contribution is -2.20. The number of rotatable bonds is 1. The molecule has 0 radical (unpaired) electrons. The van der Waals surface area contributed by atoms with Crippen LogP contribution < -0.4 is 10.3 Å². The molecule has 3 nitrogen and oxygen atoms in total. The van der Waals surface area contributed by atoms with Gasteiger partial charge in [-0.05, 0) is 18.9 Å². The van der Waals surface area contributed by atoms with Crippen LogP contribution >= 0.6 is 35.0 Å². The molecule has 0 aromatic carbocycles. The highest BCUT2D eigenvalue weighted by Crippen LogP contribution is 2.23. The SMILES string of the molecule is C[C@H]1CN[C@H](c2[nH]c(I)c[nH+]2)C1.Cl. The van der Waals surface area contributed by atoms with Crippen LogP contribution in [0.25, 0.3) is 0 Å². The maximum atomic E-state index is 3.47. The molecule has 1 aliphatic rings. The largest absolute Gasteiger partial charge is 0.303 e. The topological polar surface area (TPSA) is 42.0 Å². The van der Waals surface area contributed by atoms with Crippen molar-refractivity contribution in [3.05, 3.63) is 15.7 Å². The van der Waals surface area contributed by atoms with Gasteiger partial charge < -0.3 is 5.32 Å². The quantitative estimate of drug-likeness (QED) is 0.759. The van der Waals surface area contributed by atoms with Crippen molar-refractivity contribution in [2.75, 3.05) is 6.54 Å². The van der Waals surface area contributed by atoms with E-state index >= 15 is 0 Å². The van der Waals surface area contributed by atoms with Crippen LogP contribution in [0.5, 0.6) is 0 Å². The van der Waals surface area contributed by atoms with E-state index in [4.69, 9.17) is 0 Å². The second-order valence-electron chi connectivity index (χ2n) is 3.48. The van der Waals surface area contributed by atoms with E-state index in [1.54, 1.807) is 0 Å². The van der Waals surface area contributed by atoms with Crippen molar-refractivity contribution in [2.45, 2.75) is 19.4 Å². The average molecular weight is 315 g/mol. The summed E-state index contributed by atoms with van der Waals surface area (Å²) < 4.78 is 1.17. The predicted molar refractivity (Wildman–Crippen MR) is 61.8 cm³/mol. The van der Waals surface area contributed by atoms with Gasteiger partial charge in [-0.25, -0.2) is 9.97 Å². The Morgan fingerprint density at radius 3 is 2.85 bits per heavy atom. The van der Waals surface area contributed by atoms with Crippen molar-refractivity contribution >= 4 is 35.0 Å². The van der Waals surface area contributed by atoms with Gasteiger partial charge in [-0.2, -0.15) is 0 Å². The van der Waals surface area contributed by atoms with E-state index in [1.807, 2.05) is 6.20 Å². The van der Waals surface area contributed by atoms with E-state index in [1.165, 1.54) is 15.9 Å². The maximum Gasteiger partial charge on any atom is 0.270 e. The summed E-state index contributed by atoms with van der Waals surface area (Å²) in [5.41, 5.74) is 0. The molecule has 1 saturated heterocycles. The average Bonchev–Trinajstić information content (AvgIpc) is 2.58. The first-order valence-electron chi connectivity index (χ1n) is 4.25. The molecule has 5 heteroatoms. The molecule has 0 bridgehead atoms. The highest BCUT2D eigenvalue weighted by Gasteiger charge is 2.27. The van der Waals surface area contributed by atoms with Gasteiger partial charge in [0, 0.05) is 22.6 Å². The van der Waals surface area contributed by atoms with Gasteiger partial charge in [-0.15, -0.1) is 12.4 Å². The van der Waals surface area contributed by atoms with Crippen LogP contribution in [0.3, 0.4) is 0 Å². The van der Waals surface area contributed by atoms with Gasteiger partial charge in [-0.1, -0.05) is 6.92 Å². The van der Waals surface area contributed by atoms with Crippen LogP contribution in [0.1, 0.15) is 25.2 Å². The first kappa shape index (κ1) is 11.3. The molecule has 2 atom stereocenters. The molecule has 0 spiro atoms. The lowest BCUT2D eigenvalue weighted by atomic mass is 10.1. The van der Waals surface area contributed by atoms with Crippen LogP contribution in [-0.2, 0) is 0 Å². The van der Waals surface area contributed by atoms with Crippen molar-refractivity contribution in [1.29, 1.82) is 0 Å². The zero-order valence-electron chi connectivity index (χ0n) is 7.43. The summed E-state index contributed by atoms with van der Waals surface area (Å²) in [6.45, 7) is 3.41. The number of halogens is 2. The number of hydrogen-bond donors (Lipinski definition) is 2. The Hall–Kier alpha value is 0.190. The summed E-state index contributed by atoms with van der Waals surface area (Å²) >= 11 is 2.28. The van der Waals surface area contributed by atoms with Crippen molar-refractivity contribution in [2.24, 2.45) is 5.92 Å². The summed E-state index contributed by atoms with van der Waals surface area (Å²) in [6, 6.07) is 0.503. The fourth-order valence-electron chi connectivity index (χ4n) is 1.66. The molecule has 1 fully saturated rings. The molecule has 74 valence electrons. The lowest BCUT2D eigenvalue weighted by molar-refractivity contribution is -0.392. The summed E-state index contributed by atoms with van der Waals surface area (Å²) in [5, 5.41) is 3.47. The van der Waals surface area contributed by atoms with E-state index < -0.39 is 0 Å². The van der Waals surface area contributed by atoms with Gasteiger partial charge in [0.15, 0.2) is 0 Å². The summed E-state index contributed by atoms with van der Waals surface area (Å²) in [7, 11) is 0. The molecule has 0 amide bonds. The molecule has 1 aliphatic heterocycles. The Balaban J connectivity index is 0.000000845. The summed E-state index contributed by atoms with van der Waals surface area (Å²) in [5.74, 6) is 2.01. The van der Waals surface area contributed by atoms with Crippen LogP contribution in [0.15, 0.2) is 6.20 Å². The van der Waals surface area contributed by atoms with Gasteiger partial charge in [0.25, 0.3) is 5.82 Å². The molecule has 0 saturated carbocycles. The number of nitrogens with one attached hydrogen (secondary N) is 3. The molecule has 0 aliphatic carbocycles. The van der Waals surface area contributed by atoms with Gasteiger partial charge in [0.2, 0.25) is 3.70 Å². The van der Waals surface area contributed by atoms with E-state index in [0.717, 1.165) is 12.5 Å². The van der Waals surface area contributed by atoms with Gasteiger partial charge in [-0.3, -0.25) is 0 Å². The van der Waals surface area contributed by atoms with Crippen LogP contribution in [0.4, 0.5) is 0 Å². The minimum absolute atomic E-state index is 0. The van der Waals surface area contributed by atoms with Crippen molar-refractivity contribution in [3.63, 3.8) is 0 Å². The lowest BCUT2D eigenvalue weighted by Gasteiger charge is -1.99. The van der Waals surface area contributed by atoms with E-state index in [2.05, 4.69) is 44.8 Å². The first-order valence-corrected chi connectivity index (χ1v) is 5.33. The van der Waals surface area contributed by atoms with Crippen LogP contribution in [-0.4, -0.2) is 11.5 Å².